The maximum atomic E-state index is 11.5. The van der Waals surface area contributed by atoms with Gasteiger partial charge in [0.15, 0.2) is 0 Å². The normalized spacial score (nSPS) is 20.1. The van der Waals surface area contributed by atoms with Gasteiger partial charge in [0.25, 0.3) is 0 Å². The number of fused-ring (bicyclic) bond motifs is 1. The van der Waals surface area contributed by atoms with Gasteiger partial charge in [-0.3, -0.25) is 4.21 Å². The maximum Gasteiger partial charge on any atom is 0.335 e. The Bertz CT molecular complexity index is 412. The topological polar surface area (TPSA) is 54.4 Å². The average molecular weight is 210 g/mol. The molecule has 4 heteroatoms. The van der Waals surface area contributed by atoms with Crippen LogP contribution in [0.1, 0.15) is 22.3 Å². The molecule has 2 rings (SSSR count). The van der Waals surface area contributed by atoms with E-state index in [2.05, 4.69) is 0 Å². The summed E-state index contributed by atoms with van der Waals surface area (Å²) in [5.74, 6) is -0.233. The molecule has 0 spiro atoms. The first-order valence-electron chi connectivity index (χ1n) is 4.43. The fraction of sp³-hybridized carbons (Fsp3) is 0.300. The van der Waals surface area contributed by atoms with Gasteiger partial charge in [-0.2, -0.15) is 0 Å². The highest BCUT2D eigenvalue weighted by Gasteiger charge is 2.17. The third kappa shape index (κ3) is 1.57. The summed E-state index contributed by atoms with van der Waals surface area (Å²) >= 11 is 0. The summed E-state index contributed by atoms with van der Waals surface area (Å²) in [5, 5.41) is 8.78. The quantitative estimate of drug-likeness (QED) is 0.763. The van der Waals surface area contributed by atoms with Crippen molar-refractivity contribution in [2.24, 2.45) is 0 Å². The number of aryl methyl sites for hydroxylation is 1. The summed E-state index contributed by atoms with van der Waals surface area (Å²) in [4.78, 5) is 11.5. The van der Waals surface area contributed by atoms with E-state index in [9.17, 15) is 9.00 Å². The molecule has 1 aromatic carbocycles. The van der Waals surface area contributed by atoms with Gasteiger partial charge in [-0.05, 0) is 36.6 Å². The summed E-state index contributed by atoms with van der Waals surface area (Å²) in [6, 6.07) is 4.83. The Morgan fingerprint density at radius 1 is 1.43 bits per heavy atom. The van der Waals surface area contributed by atoms with Crippen molar-refractivity contribution in [2.75, 3.05) is 5.75 Å². The lowest BCUT2D eigenvalue weighted by atomic mass is 10.1. The lowest BCUT2D eigenvalue weighted by Gasteiger charge is -2.15. The highest BCUT2D eigenvalue weighted by molar-refractivity contribution is 7.85. The molecule has 14 heavy (non-hydrogen) atoms. The van der Waals surface area contributed by atoms with E-state index in [1.165, 1.54) is 6.07 Å². The number of hydrogen-bond acceptors (Lipinski definition) is 2. The summed E-state index contributed by atoms with van der Waals surface area (Å²) in [6.07, 6.45) is 1.71. The molecule has 0 aliphatic carbocycles. The van der Waals surface area contributed by atoms with E-state index >= 15 is 0 Å². The lowest BCUT2D eigenvalue weighted by Crippen LogP contribution is -2.11. The second-order valence-corrected chi connectivity index (χ2v) is 4.82. The Morgan fingerprint density at radius 3 is 2.93 bits per heavy atom. The van der Waals surface area contributed by atoms with Crippen LogP contribution in [0.25, 0.3) is 0 Å². The third-order valence-corrected chi connectivity index (χ3v) is 3.88. The van der Waals surface area contributed by atoms with E-state index in [1.807, 2.05) is 0 Å². The van der Waals surface area contributed by atoms with Crippen LogP contribution in [-0.4, -0.2) is 21.0 Å². The van der Waals surface area contributed by atoms with Crippen LogP contribution in [0.4, 0.5) is 0 Å². The van der Waals surface area contributed by atoms with Crippen LogP contribution in [0.5, 0.6) is 0 Å². The van der Waals surface area contributed by atoms with Gasteiger partial charge < -0.3 is 5.11 Å². The zero-order chi connectivity index (χ0) is 10.1. The van der Waals surface area contributed by atoms with Crippen LogP contribution in [0, 0.1) is 0 Å². The minimum Gasteiger partial charge on any atom is -0.478 e. The number of carboxylic acids is 1. The molecule has 0 fully saturated rings. The fourth-order valence-corrected chi connectivity index (χ4v) is 2.93. The molecule has 0 saturated carbocycles. The molecule has 1 atom stereocenters. The average Bonchev–Trinajstić information content (AvgIpc) is 2.17. The summed E-state index contributed by atoms with van der Waals surface area (Å²) in [5.41, 5.74) is 1.21. The van der Waals surface area contributed by atoms with E-state index < -0.39 is 16.8 Å². The summed E-state index contributed by atoms with van der Waals surface area (Å²) < 4.78 is 11.5. The molecular weight excluding hydrogens is 200 g/mol. The molecule has 0 aromatic heterocycles. The Kier molecular flexibility index (Phi) is 2.37. The van der Waals surface area contributed by atoms with Crippen LogP contribution in [0.2, 0.25) is 0 Å². The van der Waals surface area contributed by atoms with Crippen molar-refractivity contribution >= 4 is 16.8 Å². The van der Waals surface area contributed by atoms with Gasteiger partial charge in [0.2, 0.25) is 0 Å². The number of carbonyl (C=O) groups is 1. The van der Waals surface area contributed by atoms with Gasteiger partial charge in [-0.15, -0.1) is 0 Å². The van der Waals surface area contributed by atoms with Crippen LogP contribution >= 0.6 is 0 Å². The van der Waals surface area contributed by atoms with Gasteiger partial charge in [-0.25, -0.2) is 4.79 Å². The first kappa shape index (κ1) is 9.40. The standard InChI is InChI=1S/C10H10O3S/c11-10(12)8-3-4-9-7(6-8)2-1-5-14(9)13/h3-4,6H,1-2,5H2,(H,11,12). The van der Waals surface area contributed by atoms with E-state index in [4.69, 9.17) is 5.11 Å². The predicted molar refractivity (Wildman–Crippen MR) is 53.0 cm³/mol. The smallest absolute Gasteiger partial charge is 0.335 e. The number of hydrogen-bond donors (Lipinski definition) is 1. The highest BCUT2D eigenvalue weighted by Crippen LogP contribution is 2.23. The van der Waals surface area contributed by atoms with Crippen LogP contribution in [0.3, 0.4) is 0 Å². The fourth-order valence-electron chi connectivity index (χ4n) is 1.63. The molecule has 0 radical (unpaired) electrons. The Hall–Kier alpha value is -1.16. The molecule has 3 nitrogen and oxygen atoms in total. The maximum absolute atomic E-state index is 11.5. The minimum absolute atomic E-state index is 0.280. The first-order chi connectivity index (χ1) is 6.68. The van der Waals surface area contributed by atoms with Crippen molar-refractivity contribution in [1.82, 2.24) is 0 Å². The molecule has 1 N–H and O–H groups in total. The molecule has 1 unspecified atom stereocenters. The number of benzene rings is 1. The van der Waals surface area contributed by atoms with E-state index in [-0.39, 0.29) is 5.56 Å². The molecule has 0 amide bonds. The van der Waals surface area contributed by atoms with Crippen molar-refractivity contribution in [3.8, 4) is 0 Å². The Morgan fingerprint density at radius 2 is 2.21 bits per heavy atom. The second-order valence-electron chi connectivity index (χ2n) is 3.28. The lowest BCUT2D eigenvalue weighted by molar-refractivity contribution is 0.0696. The van der Waals surface area contributed by atoms with Gasteiger partial charge >= 0.3 is 5.97 Å². The molecule has 1 heterocycles. The zero-order valence-corrected chi connectivity index (χ0v) is 8.34. The van der Waals surface area contributed by atoms with Gasteiger partial charge in [0.05, 0.1) is 16.4 Å². The molecule has 0 saturated heterocycles. The second kappa shape index (κ2) is 3.53. The zero-order valence-electron chi connectivity index (χ0n) is 7.53. The number of carboxylic acid groups (broad SMARTS) is 1. The van der Waals surface area contributed by atoms with Crippen molar-refractivity contribution in [1.29, 1.82) is 0 Å². The first-order valence-corrected chi connectivity index (χ1v) is 5.75. The largest absolute Gasteiger partial charge is 0.478 e. The molecule has 1 aromatic rings. The molecule has 1 aliphatic heterocycles. The van der Waals surface area contributed by atoms with Crippen molar-refractivity contribution in [3.05, 3.63) is 29.3 Å². The van der Waals surface area contributed by atoms with Crippen LogP contribution in [0.15, 0.2) is 23.1 Å². The molecular formula is C10H10O3S. The summed E-state index contributed by atoms with van der Waals surface area (Å²) in [7, 11) is -0.930. The van der Waals surface area contributed by atoms with Crippen molar-refractivity contribution in [2.45, 2.75) is 17.7 Å². The number of aromatic carboxylic acids is 1. The SMILES string of the molecule is O=C(O)c1ccc2c(c1)CCCS2=O. The Labute approximate surface area is 84.2 Å². The van der Waals surface area contributed by atoms with Gasteiger partial charge in [0, 0.05) is 10.6 Å². The highest BCUT2D eigenvalue weighted by atomic mass is 32.2. The van der Waals surface area contributed by atoms with E-state index in [1.54, 1.807) is 12.1 Å². The number of rotatable bonds is 1. The summed E-state index contributed by atoms with van der Waals surface area (Å²) in [6.45, 7) is 0. The van der Waals surface area contributed by atoms with Crippen LogP contribution in [-0.2, 0) is 17.2 Å². The van der Waals surface area contributed by atoms with E-state index in [0.717, 1.165) is 23.3 Å². The van der Waals surface area contributed by atoms with Crippen LogP contribution < -0.4 is 0 Å². The third-order valence-electron chi connectivity index (χ3n) is 2.33. The Balaban J connectivity index is 2.49. The van der Waals surface area contributed by atoms with Crippen molar-refractivity contribution < 1.29 is 14.1 Å². The molecule has 0 bridgehead atoms. The predicted octanol–water partition coefficient (Wildman–Crippen LogP) is 1.44. The van der Waals surface area contributed by atoms with Crippen molar-refractivity contribution in [3.63, 3.8) is 0 Å². The molecule has 1 aliphatic rings. The molecule has 74 valence electrons. The van der Waals surface area contributed by atoms with Gasteiger partial charge in [0.1, 0.15) is 0 Å². The van der Waals surface area contributed by atoms with E-state index in [0.29, 0.717) is 5.75 Å². The monoisotopic (exact) mass is 210 g/mol. The minimum atomic E-state index is -0.930. The van der Waals surface area contributed by atoms with Gasteiger partial charge in [-0.1, -0.05) is 0 Å².